The first kappa shape index (κ1) is 15.3. The van der Waals surface area contributed by atoms with Gasteiger partial charge in [-0.2, -0.15) is 0 Å². The zero-order chi connectivity index (χ0) is 13.9. The fourth-order valence-corrected chi connectivity index (χ4v) is 2.49. The zero-order valence-corrected chi connectivity index (χ0v) is 12.1. The van der Waals surface area contributed by atoms with Gasteiger partial charge in [-0.25, -0.2) is 0 Å². The van der Waals surface area contributed by atoms with Crippen LogP contribution in [0.1, 0.15) is 38.3 Å². The third-order valence-corrected chi connectivity index (χ3v) is 3.36. The van der Waals surface area contributed by atoms with Crippen molar-refractivity contribution in [3.05, 3.63) is 33.8 Å². The third-order valence-electron chi connectivity index (χ3n) is 2.78. The molecular formula is C13H18Cl2N2O. The lowest BCUT2D eigenvalue weighted by Gasteiger charge is -2.27. The molecule has 18 heavy (non-hydrogen) atoms. The van der Waals surface area contributed by atoms with Crippen molar-refractivity contribution in [2.45, 2.75) is 32.7 Å². The van der Waals surface area contributed by atoms with E-state index in [1.165, 1.54) is 0 Å². The smallest absolute Gasteiger partial charge is 0.217 e. The van der Waals surface area contributed by atoms with E-state index in [2.05, 4.69) is 0 Å². The van der Waals surface area contributed by atoms with Crippen molar-refractivity contribution in [1.82, 2.24) is 0 Å². The third kappa shape index (κ3) is 4.48. The summed E-state index contributed by atoms with van der Waals surface area (Å²) >= 11 is 12.0. The second-order valence-electron chi connectivity index (χ2n) is 5.28. The summed E-state index contributed by atoms with van der Waals surface area (Å²) in [5.41, 5.74) is 11.9. The molecule has 0 heterocycles. The molecule has 0 bridgehead atoms. The molecule has 0 saturated carbocycles. The molecule has 0 aliphatic rings. The Hall–Kier alpha value is -0.770. The largest absolute Gasteiger partial charge is 0.370 e. The van der Waals surface area contributed by atoms with E-state index in [4.69, 9.17) is 34.7 Å². The zero-order valence-electron chi connectivity index (χ0n) is 10.5. The molecule has 1 aromatic carbocycles. The molecule has 0 radical (unpaired) electrons. The highest BCUT2D eigenvalue weighted by Gasteiger charge is 2.25. The molecule has 0 aliphatic carbocycles. The van der Waals surface area contributed by atoms with E-state index in [1.54, 1.807) is 18.2 Å². The van der Waals surface area contributed by atoms with Crippen LogP contribution in [0.15, 0.2) is 18.2 Å². The Morgan fingerprint density at radius 1 is 1.39 bits per heavy atom. The van der Waals surface area contributed by atoms with Crippen LogP contribution in [0.3, 0.4) is 0 Å². The van der Waals surface area contributed by atoms with E-state index in [9.17, 15) is 4.79 Å². The van der Waals surface area contributed by atoms with Crippen LogP contribution >= 0.6 is 23.2 Å². The number of amides is 1. The van der Waals surface area contributed by atoms with Crippen LogP contribution in [0, 0.1) is 5.41 Å². The van der Waals surface area contributed by atoms with Crippen molar-refractivity contribution < 1.29 is 4.79 Å². The molecule has 0 aromatic heterocycles. The van der Waals surface area contributed by atoms with Gasteiger partial charge < -0.3 is 11.5 Å². The highest BCUT2D eigenvalue weighted by Crippen LogP contribution is 2.34. The monoisotopic (exact) mass is 288 g/mol. The molecule has 100 valence electrons. The van der Waals surface area contributed by atoms with E-state index in [-0.39, 0.29) is 17.4 Å². The lowest BCUT2D eigenvalue weighted by molar-refractivity contribution is -0.120. The number of benzene rings is 1. The summed E-state index contributed by atoms with van der Waals surface area (Å²) in [7, 11) is 0. The van der Waals surface area contributed by atoms with E-state index in [0.29, 0.717) is 22.9 Å². The van der Waals surface area contributed by atoms with Crippen molar-refractivity contribution in [3.63, 3.8) is 0 Å². The molecule has 3 nitrogen and oxygen atoms in total. The standard InChI is InChI=1S/C13H18Cl2N2O/c1-13(2,7-12(17)18)6-11(16)9-5-8(14)3-4-10(9)15/h3-5,11H,6-7,16H2,1-2H3,(H2,17,18). The predicted octanol–water partition coefficient (Wildman–Crippen LogP) is 3.28. The molecule has 1 atom stereocenters. The van der Waals surface area contributed by atoms with Gasteiger partial charge in [-0.1, -0.05) is 37.0 Å². The molecule has 4 N–H and O–H groups in total. The van der Waals surface area contributed by atoms with Gasteiger partial charge in [-0.15, -0.1) is 0 Å². The molecule has 1 aromatic rings. The molecule has 0 aliphatic heterocycles. The van der Waals surface area contributed by atoms with Crippen LogP contribution in [-0.4, -0.2) is 5.91 Å². The Kier molecular flexibility index (Phi) is 5.02. The Bertz CT molecular complexity index is 447. The van der Waals surface area contributed by atoms with Crippen LogP contribution in [0.4, 0.5) is 0 Å². The van der Waals surface area contributed by atoms with Gasteiger partial charge in [-0.05, 0) is 35.6 Å². The first-order valence-electron chi connectivity index (χ1n) is 5.70. The number of nitrogens with two attached hydrogens (primary N) is 2. The van der Waals surface area contributed by atoms with Gasteiger partial charge in [0.25, 0.3) is 0 Å². The number of halogens is 2. The maximum atomic E-state index is 11.0. The lowest BCUT2D eigenvalue weighted by atomic mass is 9.81. The minimum atomic E-state index is -0.329. The quantitative estimate of drug-likeness (QED) is 0.873. The second-order valence-corrected chi connectivity index (χ2v) is 6.13. The molecule has 1 rings (SSSR count). The number of carbonyl (C=O) groups excluding carboxylic acids is 1. The van der Waals surface area contributed by atoms with Gasteiger partial charge in [-0.3, -0.25) is 4.79 Å². The van der Waals surface area contributed by atoms with Crippen LogP contribution < -0.4 is 11.5 Å². The van der Waals surface area contributed by atoms with Gasteiger partial charge >= 0.3 is 0 Å². The number of rotatable bonds is 5. The number of hydrogen-bond acceptors (Lipinski definition) is 2. The maximum absolute atomic E-state index is 11.0. The molecule has 1 unspecified atom stereocenters. The highest BCUT2D eigenvalue weighted by atomic mass is 35.5. The summed E-state index contributed by atoms with van der Waals surface area (Å²) in [5.74, 6) is -0.329. The topological polar surface area (TPSA) is 69.1 Å². The molecule has 0 saturated heterocycles. The Morgan fingerprint density at radius 3 is 2.56 bits per heavy atom. The van der Waals surface area contributed by atoms with Crippen LogP contribution in [0.5, 0.6) is 0 Å². The first-order chi connectivity index (χ1) is 8.21. The summed E-state index contributed by atoms with van der Waals surface area (Å²) in [6.07, 6.45) is 0.898. The minimum Gasteiger partial charge on any atom is -0.370 e. The van der Waals surface area contributed by atoms with Crippen molar-refractivity contribution in [2.24, 2.45) is 16.9 Å². The molecular weight excluding hydrogens is 271 g/mol. The van der Waals surface area contributed by atoms with Crippen LogP contribution in [0.2, 0.25) is 10.0 Å². The summed E-state index contributed by atoms with van der Waals surface area (Å²) in [5, 5.41) is 1.18. The summed E-state index contributed by atoms with van der Waals surface area (Å²) < 4.78 is 0. The van der Waals surface area contributed by atoms with Gasteiger partial charge in [0, 0.05) is 22.5 Å². The van der Waals surface area contributed by atoms with Crippen molar-refractivity contribution >= 4 is 29.1 Å². The van der Waals surface area contributed by atoms with E-state index >= 15 is 0 Å². The molecule has 0 spiro atoms. The fraction of sp³-hybridized carbons (Fsp3) is 0.462. The van der Waals surface area contributed by atoms with Gasteiger partial charge in [0.05, 0.1) is 0 Å². The Labute approximate surface area is 117 Å². The fourth-order valence-electron chi connectivity index (χ4n) is 2.05. The van der Waals surface area contributed by atoms with Crippen LogP contribution in [0.25, 0.3) is 0 Å². The van der Waals surface area contributed by atoms with Gasteiger partial charge in [0.15, 0.2) is 0 Å². The summed E-state index contributed by atoms with van der Waals surface area (Å²) in [4.78, 5) is 11.0. The lowest BCUT2D eigenvalue weighted by Crippen LogP contribution is -2.27. The van der Waals surface area contributed by atoms with E-state index in [0.717, 1.165) is 5.56 Å². The van der Waals surface area contributed by atoms with Crippen molar-refractivity contribution in [1.29, 1.82) is 0 Å². The van der Waals surface area contributed by atoms with Crippen molar-refractivity contribution in [2.75, 3.05) is 0 Å². The van der Waals surface area contributed by atoms with Gasteiger partial charge in [0.1, 0.15) is 0 Å². The first-order valence-corrected chi connectivity index (χ1v) is 6.46. The van der Waals surface area contributed by atoms with Crippen LogP contribution in [-0.2, 0) is 4.79 Å². The maximum Gasteiger partial charge on any atom is 0.217 e. The Balaban J connectivity index is 2.84. The summed E-state index contributed by atoms with van der Waals surface area (Å²) in [6.45, 7) is 3.91. The Morgan fingerprint density at radius 2 is 2.00 bits per heavy atom. The normalized spacial score (nSPS) is 13.4. The predicted molar refractivity (Wildman–Crippen MR) is 75.6 cm³/mol. The van der Waals surface area contributed by atoms with Gasteiger partial charge in [0.2, 0.25) is 5.91 Å². The average molecular weight is 289 g/mol. The van der Waals surface area contributed by atoms with Crippen molar-refractivity contribution in [3.8, 4) is 0 Å². The summed E-state index contributed by atoms with van der Waals surface area (Å²) in [6, 6.07) is 4.93. The highest BCUT2D eigenvalue weighted by molar-refractivity contribution is 6.33. The molecule has 1 amide bonds. The SMILES string of the molecule is CC(C)(CC(N)=O)CC(N)c1cc(Cl)ccc1Cl. The number of carbonyl (C=O) groups is 1. The second kappa shape index (κ2) is 5.91. The number of primary amides is 1. The number of hydrogen-bond donors (Lipinski definition) is 2. The molecule has 5 heteroatoms. The molecule has 0 fully saturated rings. The average Bonchev–Trinajstić information content (AvgIpc) is 2.18. The minimum absolute atomic E-state index is 0.267. The van der Waals surface area contributed by atoms with E-state index in [1.807, 2.05) is 13.8 Å². The van der Waals surface area contributed by atoms with E-state index < -0.39 is 0 Å².